The Morgan fingerprint density at radius 1 is 1.27 bits per heavy atom. The molecule has 0 radical (unpaired) electrons. The van der Waals surface area contributed by atoms with Crippen LogP contribution in [0.1, 0.15) is 48.5 Å². The van der Waals surface area contributed by atoms with Gasteiger partial charge in [-0.05, 0) is 44.7 Å². The molecule has 2 aliphatic rings. The number of methoxy groups -OCH3 is 1. The summed E-state index contributed by atoms with van der Waals surface area (Å²) in [5.41, 5.74) is 2.80. The number of hydrogen-bond acceptors (Lipinski definition) is 5. The molecular weight excluding hydrogens is 336 g/mol. The van der Waals surface area contributed by atoms with Crippen LogP contribution in [0.4, 0.5) is 0 Å². The molecule has 1 aromatic rings. The highest BCUT2D eigenvalue weighted by molar-refractivity contribution is 5.93. The van der Waals surface area contributed by atoms with Crippen LogP contribution in [0, 0.1) is 5.92 Å². The summed E-state index contributed by atoms with van der Waals surface area (Å²) in [4.78, 5) is 26.5. The van der Waals surface area contributed by atoms with Crippen molar-refractivity contribution < 1.29 is 24.3 Å². The van der Waals surface area contributed by atoms with Crippen molar-refractivity contribution in [2.24, 2.45) is 5.92 Å². The number of rotatable bonds is 3. The van der Waals surface area contributed by atoms with Crippen LogP contribution in [0.25, 0.3) is 0 Å². The van der Waals surface area contributed by atoms with Gasteiger partial charge in [0.25, 0.3) is 5.91 Å². The summed E-state index contributed by atoms with van der Waals surface area (Å²) in [6.45, 7) is 2.81. The standard InChI is InChI=1S/C19H26N2O5/c1-12-11-26-17-9-14(18(22)20-24)3-4-15(17)10-21(12)19(23)13-5-7-16(25-2)8-6-13/h3-4,9,12-13,16,24H,5-8,10-11H2,1-2H3,(H,20,22). The summed E-state index contributed by atoms with van der Waals surface area (Å²) in [5.74, 6) is 0.193. The van der Waals surface area contributed by atoms with E-state index in [0.717, 1.165) is 31.2 Å². The van der Waals surface area contributed by atoms with Crippen LogP contribution in [0.2, 0.25) is 0 Å². The molecule has 0 bridgehead atoms. The van der Waals surface area contributed by atoms with Gasteiger partial charge in [0, 0.05) is 30.7 Å². The van der Waals surface area contributed by atoms with Crippen LogP contribution in [0.3, 0.4) is 0 Å². The molecule has 3 rings (SSSR count). The van der Waals surface area contributed by atoms with E-state index in [1.807, 2.05) is 11.8 Å². The molecule has 26 heavy (non-hydrogen) atoms. The quantitative estimate of drug-likeness (QED) is 0.635. The van der Waals surface area contributed by atoms with E-state index in [9.17, 15) is 9.59 Å². The van der Waals surface area contributed by atoms with E-state index in [0.29, 0.717) is 24.5 Å². The van der Waals surface area contributed by atoms with Gasteiger partial charge in [0.2, 0.25) is 5.91 Å². The molecule has 7 nitrogen and oxygen atoms in total. The summed E-state index contributed by atoms with van der Waals surface area (Å²) >= 11 is 0. The third-order valence-corrected chi connectivity index (χ3v) is 5.42. The third kappa shape index (κ3) is 3.83. The van der Waals surface area contributed by atoms with Gasteiger partial charge in [-0.25, -0.2) is 5.48 Å². The summed E-state index contributed by atoms with van der Waals surface area (Å²) in [5, 5.41) is 8.78. The normalized spacial score (nSPS) is 25.7. The van der Waals surface area contributed by atoms with Crippen molar-refractivity contribution in [2.75, 3.05) is 13.7 Å². The van der Waals surface area contributed by atoms with E-state index in [1.54, 1.807) is 30.8 Å². The lowest BCUT2D eigenvalue weighted by atomic mass is 9.86. The number of nitrogens with one attached hydrogen (secondary N) is 1. The van der Waals surface area contributed by atoms with Crippen molar-refractivity contribution in [2.45, 2.75) is 51.3 Å². The number of benzene rings is 1. The fourth-order valence-electron chi connectivity index (χ4n) is 3.74. The van der Waals surface area contributed by atoms with Crippen LogP contribution in [0.15, 0.2) is 18.2 Å². The second-order valence-corrected chi connectivity index (χ2v) is 7.10. The van der Waals surface area contributed by atoms with E-state index in [2.05, 4.69) is 0 Å². The molecule has 0 aromatic heterocycles. The Kier molecular flexibility index (Phi) is 5.78. The number of amides is 2. The Hall–Kier alpha value is -2.12. The number of hydroxylamine groups is 1. The van der Waals surface area contributed by atoms with Crippen LogP contribution >= 0.6 is 0 Å². The molecule has 1 unspecified atom stereocenters. The van der Waals surface area contributed by atoms with Crippen molar-refractivity contribution in [1.82, 2.24) is 10.4 Å². The summed E-state index contributed by atoms with van der Waals surface area (Å²) in [6, 6.07) is 4.95. The fourth-order valence-corrected chi connectivity index (χ4v) is 3.74. The molecule has 2 amide bonds. The van der Waals surface area contributed by atoms with E-state index in [1.165, 1.54) is 0 Å². The monoisotopic (exact) mass is 362 g/mol. The van der Waals surface area contributed by atoms with Crippen LogP contribution in [-0.2, 0) is 16.1 Å². The Morgan fingerprint density at radius 3 is 2.65 bits per heavy atom. The molecule has 142 valence electrons. The average molecular weight is 362 g/mol. The van der Waals surface area contributed by atoms with Gasteiger partial charge in [0.05, 0.1) is 12.1 Å². The minimum Gasteiger partial charge on any atom is -0.491 e. The molecule has 0 saturated heterocycles. The Labute approximate surface area is 153 Å². The number of carbonyl (C=O) groups excluding carboxylic acids is 2. The van der Waals surface area contributed by atoms with Crippen molar-refractivity contribution in [3.63, 3.8) is 0 Å². The van der Waals surface area contributed by atoms with Gasteiger partial charge in [-0.1, -0.05) is 6.07 Å². The summed E-state index contributed by atoms with van der Waals surface area (Å²) in [7, 11) is 1.73. The Morgan fingerprint density at radius 2 is 2.00 bits per heavy atom. The van der Waals surface area contributed by atoms with E-state index < -0.39 is 5.91 Å². The zero-order valence-corrected chi connectivity index (χ0v) is 15.2. The molecule has 2 N–H and O–H groups in total. The largest absolute Gasteiger partial charge is 0.491 e. The molecule has 1 fully saturated rings. The lowest BCUT2D eigenvalue weighted by Gasteiger charge is -2.33. The molecule has 7 heteroatoms. The molecule has 1 heterocycles. The van der Waals surface area contributed by atoms with Crippen molar-refractivity contribution in [3.05, 3.63) is 29.3 Å². The first-order chi connectivity index (χ1) is 12.5. The molecule has 1 aliphatic heterocycles. The van der Waals surface area contributed by atoms with Crippen LogP contribution < -0.4 is 10.2 Å². The molecular formula is C19H26N2O5. The Balaban J connectivity index is 1.75. The molecule has 1 aliphatic carbocycles. The number of hydrogen-bond donors (Lipinski definition) is 2. The molecule has 1 saturated carbocycles. The second-order valence-electron chi connectivity index (χ2n) is 7.10. The van der Waals surface area contributed by atoms with Gasteiger partial charge in [0.1, 0.15) is 12.4 Å². The van der Waals surface area contributed by atoms with Gasteiger partial charge in [-0.2, -0.15) is 0 Å². The second kappa shape index (κ2) is 8.05. The minimum absolute atomic E-state index is 0.0323. The third-order valence-electron chi connectivity index (χ3n) is 5.42. The number of fused-ring (bicyclic) bond motifs is 1. The fraction of sp³-hybridized carbons (Fsp3) is 0.579. The first kappa shape index (κ1) is 18.7. The predicted molar refractivity (Wildman–Crippen MR) is 94.0 cm³/mol. The van der Waals surface area contributed by atoms with Gasteiger partial charge in [-0.15, -0.1) is 0 Å². The van der Waals surface area contributed by atoms with E-state index >= 15 is 0 Å². The zero-order valence-electron chi connectivity index (χ0n) is 15.2. The highest BCUT2D eigenvalue weighted by Gasteiger charge is 2.33. The van der Waals surface area contributed by atoms with Crippen molar-refractivity contribution in [1.29, 1.82) is 0 Å². The van der Waals surface area contributed by atoms with Gasteiger partial charge >= 0.3 is 0 Å². The molecule has 0 spiro atoms. The Bertz CT molecular complexity index is 670. The van der Waals surface area contributed by atoms with Crippen LogP contribution in [0.5, 0.6) is 5.75 Å². The van der Waals surface area contributed by atoms with Gasteiger partial charge in [-0.3, -0.25) is 14.8 Å². The lowest BCUT2D eigenvalue weighted by Crippen LogP contribution is -2.44. The first-order valence-corrected chi connectivity index (χ1v) is 9.07. The highest BCUT2D eigenvalue weighted by atomic mass is 16.5. The predicted octanol–water partition coefficient (Wildman–Crippen LogP) is 2.12. The zero-order chi connectivity index (χ0) is 18.7. The smallest absolute Gasteiger partial charge is 0.274 e. The van der Waals surface area contributed by atoms with Crippen molar-refractivity contribution in [3.8, 4) is 5.75 Å². The molecule has 1 atom stereocenters. The maximum Gasteiger partial charge on any atom is 0.274 e. The highest BCUT2D eigenvalue weighted by Crippen LogP contribution is 2.31. The maximum absolute atomic E-state index is 13.1. The van der Waals surface area contributed by atoms with Gasteiger partial charge in [0.15, 0.2) is 0 Å². The lowest BCUT2D eigenvalue weighted by molar-refractivity contribution is -0.140. The topological polar surface area (TPSA) is 88.1 Å². The number of carbonyl (C=O) groups is 2. The maximum atomic E-state index is 13.1. The number of ether oxygens (including phenoxy) is 2. The van der Waals surface area contributed by atoms with E-state index in [4.69, 9.17) is 14.7 Å². The average Bonchev–Trinajstić information content (AvgIpc) is 2.85. The molecule has 1 aromatic carbocycles. The van der Waals surface area contributed by atoms with E-state index in [-0.39, 0.29) is 24.0 Å². The number of nitrogens with zero attached hydrogens (tertiary/aromatic N) is 1. The van der Waals surface area contributed by atoms with Crippen molar-refractivity contribution >= 4 is 11.8 Å². The SMILES string of the molecule is COC1CCC(C(=O)N2Cc3ccc(C(=O)NO)cc3OCC2C)CC1. The summed E-state index contributed by atoms with van der Waals surface area (Å²) < 4.78 is 11.2. The minimum atomic E-state index is -0.587. The van der Waals surface area contributed by atoms with Gasteiger partial charge < -0.3 is 14.4 Å². The summed E-state index contributed by atoms with van der Waals surface area (Å²) in [6.07, 6.45) is 3.80. The van der Waals surface area contributed by atoms with Crippen LogP contribution in [-0.4, -0.2) is 47.8 Å². The first-order valence-electron chi connectivity index (χ1n) is 9.07.